The number of rotatable bonds is 8. The lowest BCUT2D eigenvalue weighted by molar-refractivity contribution is -0.385. The lowest BCUT2D eigenvalue weighted by Gasteiger charge is -2.22. The second-order valence-corrected chi connectivity index (χ2v) is 6.71. The van der Waals surface area contributed by atoms with Gasteiger partial charge in [0.15, 0.2) is 11.5 Å². The molecule has 0 saturated carbocycles. The molecule has 0 amide bonds. The summed E-state index contributed by atoms with van der Waals surface area (Å²) < 4.78 is 15.4. The molecular formula is C22H18N2O9. The van der Waals surface area contributed by atoms with E-state index in [1.54, 1.807) is 30.3 Å². The number of hydrogen-bond acceptors (Lipinski definition) is 8. The molecule has 1 N–H and O–H groups in total. The third-order valence-electron chi connectivity index (χ3n) is 4.89. The summed E-state index contributed by atoms with van der Waals surface area (Å²) in [5.41, 5.74) is -0.0441. The van der Waals surface area contributed by atoms with Gasteiger partial charge < -0.3 is 19.3 Å². The van der Waals surface area contributed by atoms with Gasteiger partial charge in [0.1, 0.15) is 5.75 Å². The minimum atomic E-state index is -1.64. The molecular weight excluding hydrogens is 436 g/mol. The zero-order valence-corrected chi connectivity index (χ0v) is 17.5. The number of nitro benzene ring substituents is 2. The Labute approximate surface area is 187 Å². The van der Waals surface area contributed by atoms with Crippen LogP contribution in [0.15, 0.2) is 60.7 Å². The van der Waals surface area contributed by atoms with Gasteiger partial charge in [0.05, 0.1) is 30.1 Å². The Morgan fingerprint density at radius 3 is 2.03 bits per heavy atom. The Kier molecular flexibility index (Phi) is 6.72. The van der Waals surface area contributed by atoms with Crippen LogP contribution in [-0.4, -0.2) is 35.3 Å². The maximum atomic E-state index is 12.0. The summed E-state index contributed by atoms with van der Waals surface area (Å²) in [4.78, 5) is 33.4. The number of non-ortho nitro benzene ring substituents is 1. The summed E-state index contributed by atoms with van der Waals surface area (Å²) in [5.74, 6) is -0.919. The third kappa shape index (κ3) is 4.82. The Hall–Kier alpha value is -4.67. The van der Waals surface area contributed by atoms with Crippen LogP contribution >= 0.6 is 0 Å². The van der Waals surface area contributed by atoms with Crippen LogP contribution in [0, 0.1) is 20.2 Å². The van der Waals surface area contributed by atoms with E-state index in [0.29, 0.717) is 5.56 Å². The van der Waals surface area contributed by atoms with Crippen molar-refractivity contribution in [2.45, 2.75) is 5.92 Å². The molecule has 0 bridgehead atoms. The zero-order valence-electron chi connectivity index (χ0n) is 17.5. The maximum absolute atomic E-state index is 12.0. The summed E-state index contributed by atoms with van der Waals surface area (Å²) in [6.45, 7) is 0. The largest absolute Gasteiger partial charge is 0.511 e. The van der Waals surface area contributed by atoms with E-state index >= 15 is 0 Å². The molecule has 1 atom stereocenters. The van der Waals surface area contributed by atoms with Crippen LogP contribution in [0.3, 0.4) is 0 Å². The van der Waals surface area contributed by atoms with E-state index in [4.69, 9.17) is 14.2 Å². The normalized spacial score (nSPS) is 11.3. The topological polar surface area (TPSA) is 151 Å². The highest BCUT2D eigenvalue weighted by Gasteiger charge is 2.32. The summed E-state index contributed by atoms with van der Waals surface area (Å²) in [5, 5.41) is 32.6. The lowest BCUT2D eigenvalue weighted by Crippen LogP contribution is -2.12. The first-order chi connectivity index (χ1) is 15.8. The van der Waals surface area contributed by atoms with Crippen LogP contribution in [0.4, 0.5) is 16.2 Å². The SMILES string of the molecule is COc1cc(C(c2ccccc2)c2cc([N+](=O)[O-])ccc2OC(=O)O)c([N+](=O)[O-])cc1OC. The Bertz CT molecular complexity index is 1210. The van der Waals surface area contributed by atoms with Gasteiger partial charge in [-0.2, -0.15) is 0 Å². The molecule has 170 valence electrons. The first-order valence-corrected chi connectivity index (χ1v) is 9.41. The number of carbonyl (C=O) groups is 1. The standard InChI is InChI=1S/C22H18N2O9/c1-31-19-11-15(17(24(29)30)12-20(19)32-2)21(13-6-4-3-5-7-13)16-10-14(23(27)28)8-9-18(16)33-22(25)26/h3-12,21H,1-2H3,(H,25,26). The van der Waals surface area contributed by atoms with Gasteiger partial charge in [-0.25, -0.2) is 4.79 Å². The van der Waals surface area contributed by atoms with Crippen molar-refractivity contribution < 1.29 is 34.0 Å². The molecule has 3 aromatic carbocycles. The fourth-order valence-electron chi connectivity index (χ4n) is 3.51. The van der Waals surface area contributed by atoms with Crippen LogP contribution in [0.25, 0.3) is 0 Å². The van der Waals surface area contributed by atoms with E-state index in [0.717, 1.165) is 18.2 Å². The van der Waals surface area contributed by atoms with Crippen LogP contribution in [0.2, 0.25) is 0 Å². The van der Waals surface area contributed by atoms with E-state index < -0.39 is 21.9 Å². The second kappa shape index (κ2) is 9.64. The molecule has 0 aliphatic rings. The van der Waals surface area contributed by atoms with Crippen molar-refractivity contribution >= 4 is 17.5 Å². The van der Waals surface area contributed by atoms with E-state index in [1.165, 1.54) is 26.4 Å². The highest BCUT2D eigenvalue weighted by Crippen LogP contribution is 2.45. The van der Waals surface area contributed by atoms with Gasteiger partial charge in [0.25, 0.3) is 11.4 Å². The van der Waals surface area contributed by atoms with Crippen LogP contribution in [-0.2, 0) is 0 Å². The van der Waals surface area contributed by atoms with Gasteiger partial charge in [-0.3, -0.25) is 20.2 Å². The molecule has 11 heteroatoms. The number of ether oxygens (including phenoxy) is 3. The van der Waals surface area contributed by atoms with Gasteiger partial charge in [-0.15, -0.1) is 0 Å². The fourth-order valence-corrected chi connectivity index (χ4v) is 3.51. The molecule has 1 unspecified atom stereocenters. The van der Waals surface area contributed by atoms with E-state index in [2.05, 4.69) is 0 Å². The average Bonchev–Trinajstić information content (AvgIpc) is 2.79. The van der Waals surface area contributed by atoms with Gasteiger partial charge in [-0.1, -0.05) is 30.3 Å². The summed E-state index contributed by atoms with van der Waals surface area (Å²) in [6, 6.07) is 14.4. The maximum Gasteiger partial charge on any atom is 0.511 e. The van der Waals surface area contributed by atoms with Gasteiger partial charge in [0, 0.05) is 29.2 Å². The summed E-state index contributed by atoms with van der Waals surface area (Å²) in [6.07, 6.45) is -1.64. The molecule has 0 heterocycles. The van der Waals surface area contributed by atoms with Crippen molar-refractivity contribution in [1.82, 2.24) is 0 Å². The van der Waals surface area contributed by atoms with Crippen LogP contribution < -0.4 is 14.2 Å². The van der Waals surface area contributed by atoms with Crippen molar-refractivity contribution in [3.8, 4) is 17.2 Å². The molecule has 0 spiro atoms. The quantitative estimate of drug-likeness (QED) is 0.167. The first kappa shape index (κ1) is 23.0. The fraction of sp³-hybridized carbons (Fsp3) is 0.136. The smallest absolute Gasteiger partial charge is 0.493 e. The van der Waals surface area contributed by atoms with Crippen molar-refractivity contribution in [1.29, 1.82) is 0 Å². The molecule has 0 saturated heterocycles. The summed E-state index contributed by atoms with van der Waals surface area (Å²) >= 11 is 0. The van der Waals surface area contributed by atoms with Crippen molar-refractivity contribution in [3.63, 3.8) is 0 Å². The van der Waals surface area contributed by atoms with Gasteiger partial charge in [-0.05, 0) is 17.7 Å². The Morgan fingerprint density at radius 2 is 1.48 bits per heavy atom. The third-order valence-corrected chi connectivity index (χ3v) is 4.89. The molecule has 0 aliphatic carbocycles. The minimum Gasteiger partial charge on any atom is -0.493 e. The monoisotopic (exact) mass is 454 g/mol. The average molecular weight is 454 g/mol. The number of methoxy groups -OCH3 is 2. The zero-order chi connectivity index (χ0) is 24.1. The van der Waals surface area contributed by atoms with Crippen molar-refractivity contribution in [3.05, 3.63) is 97.6 Å². The molecule has 0 aliphatic heterocycles. The second-order valence-electron chi connectivity index (χ2n) is 6.71. The predicted octanol–water partition coefficient (Wildman–Crippen LogP) is 4.76. The summed E-state index contributed by atoms with van der Waals surface area (Å²) in [7, 11) is 2.69. The number of nitro groups is 2. The van der Waals surface area contributed by atoms with Crippen LogP contribution in [0.5, 0.6) is 17.2 Å². The Morgan fingerprint density at radius 1 is 0.848 bits per heavy atom. The van der Waals surface area contributed by atoms with Crippen molar-refractivity contribution in [2.24, 2.45) is 0 Å². The molecule has 11 nitrogen and oxygen atoms in total. The molecule has 0 radical (unpaired) electrons. The van der Waals surface area contributed by atoms with E-state index in [-0.39, 0.29) is 39.8 Å². The number of nitrogens with zero attached hydrogens (tertiary/aromatic N) is 2. The highest BCUT2D eigenvalue weighted by molar-refractivity contribution is 5.66. The molecule has 33 heavy (non-hydrogen) atoms. The van der Waals surface area contributed by atoms with Crippen LogP contribution in [0.1, 0.15) is 22.6 Å². The van der Waals surface area contributed by atoms with Crippen molar-refractivity contribution in [2.75, 3.05) is 14.2 Å². The molecule has 3 aromatic rings. The lowest BCUT2D eigenvalue weighted by atomic mass is 9.83. The molecule has 0 aromatic heterocycles. The van der Waals surface area contributed by atoms with Gasteiger partial charge in [0.2, 0.25) is 0 Å². The molecule has 3 rings (SSSR count). The number of carboxylic acid groups (broad SMARTS) is 1. The van der Waals surface area contributed by atoms with E-state index in [9.17, 15) is 30.1 Å². The predicted molar refractivity (Wildman–Crippen MR) is 115 cm³/mol. The van der Waals surface area contributed by atoms with Gasteiger partial charge >= 0.3 is 6.16 Å². The number of benzene rings is 3. The first-order valence-electron chi connectivity index (χ1n) is 9.41. The number of hydrogen-bond donors (Lipinski definition) is 1. The molecule has 0 fully saturated rings. The highest BCUT2D eigenvalue weighted by atomic mass is 16.7. The van der Waals surface area contributed by atoms with E-state index in [1.807, 2.05) is 0 Å². The Balaban J connectivity index is 2.42. The minimum absolute atomic E-state index is 0.0492.